The number of hydrogen-bond donors (Lipinski definition) is 2. The molecule has 0 heterocycles. The van der Waals surface area contributed by atoms with Crippen LogP contribution in [0.4, 0.5) is 4.79 Å². The van der Waals surface area contributed by atoms with E-state index in [-0.39, 0.29) is 0 Å². The molecule has 2 rings (SSSR count). The average Bonchev–Trinajstić information content (AvgIpc) is 2.14. The van der Waals surface area contributed by atoms with E-state index in [0.29, 0.717) is 0 Å². The number of carboxylic acid groups (broad SMARTS) is 2. The van der Waals surface area contributed by atoms with Crippen LogP contribution in [0.15, 0.2) is 28.7 Å². The highest BCUT2D eigenvalue weighted by Gasteiger charge is 2.26. The largest absolute Gasteiger partial charge is 0.503 e. The van der Waals surface area contributed by atoms with Gasteiger partial charge in [0.05, 0.1) is 0 Å². The molecule has 4 heteroatoms. The van der Waals surface area contributed by atoms with Gasteiger partial charge in [0, 0.05) is 4.47 Å². The lowest BCUT2D eigenvalue weighted by atomic mass is 9.72. The molecule has 2 N–H and O–H groups in total. The van der Waals surface area contributed by atoms with Gasteiger partial charge in [0.2, 0.25) is 0 Å². The number of hydrogen-bond acceptors (Lipinski definition) is 1. The van der Waals surface area contributed by atoms with Gasteiger partial charge in [0.15, 0.2) is 0 Å². The molecule has 88 valence electrons. The first kappa shape index (κ1) is 13.0. The predicted molar refractivity (Wildman–Crippen MR) is 65.9 cm³/mol. The van der Waals surface area contributed by atoms with Crippen LogP contribution >= 0.6 is 15.9 Å². The molecule has 16 heavy (non-hydrogen) atoms. The standard InChI is InChI=1S/C11H13Br.CH2O3/c1-8-6-10(7-8)9-2-4-11(12)5-3-9;2-1(3)4/h2-5,8,10H,6-7H2,1H3;(H2,2,3,4). The second-order valence-corrected chi connectivity index (χ2v) is 5.02. The van der Waals surface area contributed by atoms with Crippen LogP contribution in [-0.4, -0.2) is 16.4 Å². The molecule has 1 fully saturated rings. The molecule has 3 nitrogen and oxygen atoms in total. The van der Waals surface area contributed by atoms with E-state index in [9.17, 15) is 0 Å². The van der Waals surface area contributed by atoms with E-state index in [2.05, 4.69) is 47.1 Å². The number of carbonyl (C=O) groups is 1. The number of halogens is 1. The van der Waals surface area contributed by atoms with E-state index >= 15 is 0 Å². The Kier molecular flexibility index (Phi) is 4.80. The maximum absolute atomic E-state index is 8.56. The Hall–Kier alpha value is -1.03. The van der Waals surface area contributed by atoms with E-state index in [0.717, 1.165) is 11.8 Å². The van der Waals surface area contributed by atoms with E-state index in [1.807, 2.05) is 0 Å². The molecule has 0 radical (unpaired) electrons. The fourth-order valence-corrected chi connectivity index (χ4v) is 2.17. The van der Waals surface area contributed by atoms with Crippen LogP contribution in [0.3, 0.4) is 0 Å². The van der Waals surface area contributed by atoms with Crippen molar-refractivity contribution in [2.75, 3.05) is 0 Å². The van der Waals surface area contributed by atoms with E-state index in [1.54, 1.807) is 0 Å². The lowest BCUT2D eigenvalue weighted by Gasteiger charge is -2.33. The van der Waals surface area contributed by atoms with Crippen molar-refractivity contribution < 1.29 is 15.0 Å². The summed E-state index contributed by atoms with van der Waals surface area (Å²) in [6.45, 7) is 2.33. The fraction of sp³-hybridized carbons (Fsp3) is 0.417. The van der Waals surface area contributed by atoms with E-state index in [1.165, 1.54) is 22.9 Å². The zero-order valence-corrected chi connectivity index (χ0v) is 10.6. The lowest BCUT2D eigenvalue weighted by Crippen LogP contribution is -2.18. The van der Waals surface area contributed by atoms with E-state index < -0.39 is 6.16 Å². The summed E-state index contributed by atoms with van der Waals surface area (Å²) in [4.78, 5) is 8.56. The highest BCUT2D eigenvalue weighted by atomic mass is 79.9. The molecular formula is C12H15BrO3. The average molecular weight is 287 g/mol. The summed E-state index contributed by atoms with van der Waals surface area (Å²) in [5.41, 5.74) is 1.51. The molecule has 0 unspecified atom stereocenters. The monoisotopic (exact) mass is 286 g/mol. The normalized spacial score (nSPS) is 22.6. The summed E-state index contributed by atoms with van der Waals surface area (Å²) in [5.74, 6) is 1.78. The van der Waals surface area contributed by atoms with Crippen molar-refractivity contribution in [3.05, 3.63) is 34.3 Å². The third kappa shape index (κ3) is 4.23. The maximum Gasteiger partial charge on any atom is 0.503 e. The van der Waals surface area contributed by atoms with Gasteiger partial charge < -0.3 is 10.2 Å². The van der Waals surface area contributed by atoms with Gasteiger partial charge in [-0.15, -0.1) is 0 Å². The Morgan fingerprint density at radius 2 is 1.69 bits per heavy atom. The van der Waals surface area contributed by atoms with Gasteiger partial charge in [-0.2, -0.15) is 0 Å². The van der Waals surface area contributed by atoms with Crippen LogP contribution in [0.1, 0.15) is 31.2 Å². The summed E-state index contributed by atoms with van der Waals surface area (Å²) in [6, 6.07) is 8.75. The Bertz CT molecular complexity index is 338. The highest BCUT2D eigenvalue weighted by molar-refractivity contribution is 9.10. The van der Waals surface area contributed by atoms with Gasteiger partial charge in [0.25, 0.3) is 0 Å². The molecule has 0 amide bonds. The van der Waals surface area contributed by atoms with Crippen molar-refractivity contribution >= 4 is 22.1 Å². The minimum Gasteiger partial charge on any atom is -0.450 e. The second-order valence-electron chi connectivity index (χ2n) is 4.11. The summed E-state index contributed by atoms with van der Waals surface area (Å²) >= 11 is 3.45. The Balaban J connectivity index is 0.000000280. The van der Waals surface area contributed by atoms with Gasteiger partial charge in [0.1, 0.15) is 0 Å². The van der Waals surface area contributed by atoms with Crippen molar-refractivity contribution in [2.45, 2.75) is 25.7 Å². The predicted octanol–water partition coefficient (Wildman–Crippen LogP) is 4.19. The smallest absolute Gasteiger partial charge is 0.450 e. The first-order valence-corrected chi connectivity index (χ1v) is 5.95. The molecule has 0 aliphatic heterocycles. The molecule has 1 saturated carbocycles. The third-order valence-corrected chi connectivity index (χ3v) is 3.24. The quantitative estimate of drug-likeness (QED) is 0.814. The highest BCUT2D eigenvalue weighted by Crippen LogP contribution is 2.41. The van der Waals surface area contributed by atoms with Gasteiger partial charge >= 0.3 is 6.16 Å². The van der Waals surface area contributed by atoms with Gasteiger partial charge in [-0.25, -0.2) is 4.79 Å². The van der Waals surface area contributed by atoms with Crippen molar-refractivity contribution in [1.29, 1.82) is 0 Å². The van der Waals surface area contributed by atoms with Crippen LogP contribution in [0.5, 0.6) is 0 Å². The summed E-state index contributed by atoms with van der Waals surface area (Å²) in [7, 11) is 0. The molecule has 1 aliphatic rings. The summed E-state index contributed by atoms with van der Waals surface area (Å²) in [5, 5.41) is 13.9. The number of benzene rings is 1. The van der Waals surface area contributed by atoms with Crippen LogP contribution in [0, 0.1) is 5.92 Å². The Labute approximate surface area is 103 Å². The van der Waals surface area contributed by atoms with Crippen molar-refractivity contribution in [3.8, 4) is 0 Å². The first-order chi connectivity index (χ1) is 7.49. The molecule has 0 spiro atoms. The molecular weight excluding hydrogens is 272 g/mol. The summed E-state index contributed by atoms with van der Waals surface area (Å²) < 4.78 is 1.18. The van der Waals surface area contributed by atoms with Crippen LogP contribution < -0.4 is 0 Å². The van der Waals surface area contributed by atoms with Gasteiger partial charge in [-0.05, 0) is 42.4 Å². The molecule has 1 aromatic carbocycles. The van der Waals surface area contributed by atoms with Crippen LogP contribution in [0.25, 0.3) is 0 Å². The molecule has 0 aromatic heterocycles. The topological polar surface area (TPSA) is 57.5 Å². The minimum atomic E-state index is -1.83. The molecule has 0 saturated heterocycles. The zero-order chi connectivity index (χ0) is 12.1. The molecule has 0 bridgehead atoms. The molecule has 1 aromatic rings. The minimum absolute atomic E-state index is 0.841. The molecule has 1 aliphatic carbocycles. The third-order valence-electron chi connectivity index (χ3n) is 2.72. The van der Waals surface area contributed by atoms with Gasteiger partial charge in [-0.1, -0.05) is 35.0 Å². The van der Waals surface area contributed by atoms with E-state index in [4.69, 9.17) is 15.0 Å². The Morgan fingerprint density at radius 1 is 1.25 bits per heavy atom. The van der Waals surface area contributed by atoms with Gasteiger partial charge in [-0.3, -0.25) is 0 Å². The van der Waals surface area contributed by atoms with Crippen molar-refractivity contribution in [1.82, 2.24) is 0 Å². The van der Waals surface area contributed by atoms with Crippen molar-refractivity contribution in [3.63, 3.8) is 0 Å². The SMILES string of the molecule is CC1CC(c2ccc(Br)cc2)C1.O=C(O)O. The summed E-state index contributed by atoms with van der Waals surface area (Å²) in [6.07, 6.45) is 0.920. The number of rotatable bonds is 1. The Morgan fingerprint density at radius 3 is 2.06 bits per heavy atom. The first-order valence-electron chi connectivity index (χ1n) is 5.16. The molecule has 0 atom stereocenters. The lowest BCUT2D eigenvalue weighted by molar-refractivity contribution is 0.137. The van der Waals surface area contributed by atoms with Crippen LogP contribution in [-0.2, 0) is 0 Å². The zero-order valence-electron chi connectivity index (χ0n) is 9.06. The van der Waals surface area contributed by atoms with Crippen molar-refractivity contribution in [2.24, 2.45) is 5.92 Å². The van der Waals surface area contributed by atoms with Crippen LogP contribution in [0.2, 0.25) is 0 Å². The fourth-order valence-electron chi connectivity index (χ4n) is 1.91. The second kappa shape index (κ2) is 5.89. The maximum atomic E-state index is 8.56.